The molecule has 1 aliphatic rings. The molecule has 8 heteroatoms. The third kappa shape index (κ3) is 2.22. The van der Waals surface area contributed by atoms with Gasteiger partial charge in [0.2, 0.25) is 5.95 Å². The lowest BCUT2D eigenvalue weighted by molar-refractivity contribution is 0.840. The number of rotatable bonds is 2. The summed E-state index contributed by atoms with van der Waals surface area (Å²) in [6.45, 7) is 4.65. The number of benzene rings is 1. The van der Waals surface area contributed by atoms with Crippen molar-refractivity contribution in [3.05, 3.63) is 53.6 Å². The molecule has 5 rings (SSSR count). The number of anilines is 2. The second kappa shape index (κ2) is 5.55. The Labute approximate surface area is 149 Å². The van der Waals surface area contributed by atoms with Crippen molar-refractivity contribution in [2.75, 3.05) is 11.4 Å². The first-order valence-corrected chi connectivity index (χ1v) is 8.46. The summed E-state index contributed by atoms with van der Waals surface area (Å²) >= 11 is 0. The highest BCUT2D eigenvalue weighted by molar-refractivity contribution is 5.67. The predicted octanol–water partition coefficient (Wildman–Crippen LogP) is 2.29. The molecule has 0 atom stereocenters. The summed E-state index contributed by atoms with van der Waals surface area (Å²) in [5.74, 6) is 1.83. The first-order valence-electron chi connectivity index (χ1n) is 8.46. The summed E-state index contributed by atoms with van der Waals surface area (Å²) in [7, 11) is 0. The third-order valence-electron chi connectivity index (χ3n) is 4.61. The fraction of sp³-hybridized carbons (Fsp3) is 0.222. The van der Waals surface area contributed by atoms with Crippen LogP contribution < -0.4 is 4.90 Å². The van der Waals surface area contributed by atoms with Crippen LogP contribution in [0.1, 0.15) is 17.1 Å². The number of aryl methyl sites for hydroxylation is 2. The minimum Gasteiger partial charge on any atom is -0.310 e. The molecule has 0 saturated heterocycles. The molecule has 4 heterocycles. The quantitative estimate of drug-likeness (QED) is 0.551. The summed E-state index contributed by atoms with van der Waals surface area (Å²) in [5.41, 5.74) is 4.73. The summed E-state index contributed by atoms with van der Waals surface area (Å²) in [6.07, 6.45) is 2.75. The van der Waals surface area contributed by atoms with Crippen molar-refractivity contribution in [2.45, 2.75) is 20.3 Å². The van der Waals surface area contributed by atoms with E-state index >= 15 is 0 Å². The Hall–Kier alpha value is -3.42. The average molecular weight is 344 g/mol. The van der Waals surface area contributed by atoms with Crippen molar-refractivity contribution < 1.29 is 0 Å². The Morgan fingerprint density at radius 3 is 2.81 bits per heavy atom. The average Bonchev–Trinajstić information content (AvgIpc) is 3.25. The number of hydrogen-bond acceptors (Lipinski definition) is 7. The Balaban J connectivity index is 1.60. The monoisotopic (exact) mass is 344 g/mol. The molecule has 1 aliphatic heterocycles. The van der Waals surface area contributed by atoms with Crippen LogP contribution in [0.4, 0.5) is 11.6 Å². The number of fused-ring (bicyclic) bond motifs is 2. The highest BCUT2D eigenvalue weighted by atomic mass is 15.4. The van der Waals surface area contributed by atoms with Crippen LogP contribution in [0, 0.1) is 13.8 Å². The fourth-order valence-electron chi connectivity index (χ4n) is 3.35. The maximum Gasteiger partial charge on any atom is 0.272 e. The molecule has 4 aromatic rings. The van der Waals surface area contributed by atoms with Gasteiger partial charge in [-0.15, -0.1) is 15.3 Å². The van der Waals surface area contributed by atoms with Crippen LogP contribution in [0.3, 0.4) is 0 Å². The van der Waals surface area contributed by atoms with Crippen molar-refractivity contribution in [1.82, 2.24) is 34.8 Å². The number of aromatic nitrogens is 7. The molecular formula is C18H16N8. The van der Waals surface area contributed by atoms with Gasteiger partial charge < -0.3 is 4.90 Å². The highest BCUT2D eigenvalue weighted by Gasteiger charge is 2.22. The van der Waals surface area contributed by atoms with Crippen molar-refractivity contribution in [3.63, 3.8) is 0 Å². The Morgan fingerprint density at radius 2 is 1.88 bits per heavy atom. The van der Waals surface area contributed by atoms with Crippen LogP contribution in [0.15, 0.2) is 36.5 Å². The van der Waals surface area contributed by atoms with E-state index in [2.05, 4.69) is 48.4 Å². The summed E-state index contributed by atoms with van der Waals surface area (Å²) in [4.78, 5) is 15.6. The molecule has 3 aromatic heterocycles. The molecule has 0 N–H and O–H groups in total. The van der Waals surface area contributed by atoms with Gasteiger partial charge in [-0.05, 0) is 38.0 Å². The summed E-state index contributed by atoms with van der Waals surface area (Å²) in [5, 5.41) is 12.9. The Kier molecular flexibility index (Phi) is 3.18. The standard InChI is InChI=1S/C18H16N8/c1-11-16(22-23-18-20-12(2)24-26(11)18)14-7-9-19-17(21-14)25-10-8-13-5-3-4-6-15(13)25/h3-7,9H,8,10H2,1-2H3. The second-order valence-electron chi connectivity index (χ2n) is 6.28. The van der Waals surface area contributed by atoms with Crippen molar-refractivity contribution >= 4 is 17.4 Å². The van der Waals surface area contributed by atoms with E-state index in [1.807, 2.05) is 26.0 Å². The molecular weight excluding hydrogens is 328 g/mol. The van der Waals surface area contributed by atoms with Crippen molar-refractivity contribution in [3.8, 4) is 11.4 Å². The minimum atomic E-state index is 0.492. The zero-order valence-corrected chi connectivity index (χ0v) is 14.5. The van der Waals surface area contributed by atoms with Gasteiger partial charge in [-0.25, -0.2) is 9.97 Å². The fourth-order valence-corrected chi connectivity index (χ4v) is 3.35. The van der Waals surface area contributed by atoms with Crippen molar-refractivity contribution in [1.29, 1.82) is 0 Å². The van der Waals surface area contributed by atoms with E-state index in [0.717, 1.165) is 30.0 Å². The molecule has 0 aliphatic carbocycles. The first kappa shape index (κ1) is 14.9. The molecule has 26 heavy (non-hydrogen) atoms. The van der Waals surface area contributed by atoms with Crippen LogP contribution in [-0.4, -0.2) is 41.3 Å². The third-order valence-corrected chi connectivity index (χ3v) is 4.61. The number of nitrogens with zero attached hydrogens (tertiary/aromatic N) is 8. The van der Waals surface area contributed by atoms with E-state index in [9.17, 15) is 0 Å². The van der Waals surface area contributed by atoms with Gasteiger partial charge in [0, 0.05) is 18.4 Å². The van der Waals surface area contributed by atoms with E-state index in [-0.39, 0.29) is 0 Å². The predicted molar refractivity (Wildman–Crippen MR) is 96.2 cm³/mol. The van der Waals surface area contributed by atoms with Crippen LogP contribution in [0.25, 0.3) is 17.2 Å². The summed E-state index contributed by atoms with van der Waals surface area (Å²) < 4.78 is 1.70. The molecule has 0 spiro atoms. The zero-order valence-electron chi connectivity index (χ0n) is 14.5. The van der Waals surface area contributed by atoms with Gasteiger partial charge >= 0.3 is 0 Å². The molecule has 1 aromatic carbocycles. The molecule has 0 unspecified atom stereocenters. The van der Waals surface area contributed by atoms with E-state index in [4.69, 9.17) is 4.98 Å². The van der Waals surface area contributed by atoms with Gasteiger partial charge in [-0.2, -0.15) is 9.50 Å². The normalized spacial score (nSPS) is 13.4. The van der Waals surface area contributed by atoms with E-state index in [0.29, 0.717) is 23.2 Å². The molecule has 8 nitrogen and oxygen atoms in total. The van der Waals surface area contributed by atoms with Gasteiger partial charge in [-0.3, -0.25) is 0 Å². The van der Waals surface area contributed by atoms with Crippen LogP contribution in [-0.2, 0) is 6.42 Å². The number of para-hydroxylation sites is 1. The lowest BCUT2D eigenvalue weighted by atomic mass is 10.2. The first-order chi connectivity index (χ1) is 12.7. The zero-order chi connectivity index (χ0) is 17.7. The molecule has 0 saturated carbocycles. The van der Waals surface area contributed by atoms with Gasteiger partial charge in [-0.1, -0.05) is 18.2 Å². The molecule has 128 valence electrons. The van der Waals surface area contributed by atoms with Gasteiger partial charge in [0.15, 0.2) is 0 Å². The molecule has 0 radical (unpaired) electrons. The van der Waals surface area contributed by atoms with E-state index in [1.165, 1.54) is 5.56 Å². The number of hydrogen-bond donors (Lipinski definition) is 0. The smallest absolute Gasteiger partial charge is 0.272 e. The maximum atomic E-state index is 4.75. The SMILES string of the molecule is Cc1nc2nnc(-c3ccnc(N4CCc5ccccc54)n3)c(C)n2n1. The lowest BCUT2D eigenvalue weighted by Gasteiger charge is -2.17. The van der Waals surface area contributed by atoms with E-state index in [1.54, 1.807) is 10.7 Å². The largest absolute Gasteiger partial charge is 0.310 e. The van der Waals surface area contributed by atoms with Crippen LogP contribution in [0.2, 0.25) is 0 Å². The lowest BCUT2D eigenvalue weighted by Crippen LogP contribution is -2.16. The second-order valence-corrected chi connectivity index (χ2v) is 6.28. The highest BCUT2D eigenvalue weighted by Crippen LogP contribution is 2.32. The van der Waals surface area contributed by atoms with Crippen molar-refractivity contribution in [2.24, 2.45) is 0 Å². The van der Waals surface area contributed by atoms with E-state index < -0.39 is 0 Å². The van der Waals surface area contributed by atoms with Gasteiger partial charge in [0.25, 0.3) is 5.78 Å². The maximum absolute atomic E-state index is 4.75. The topological polar surface area (TPSA) is 85.0 Å². The molecule has 0 bridgehead atoms. The Bertz CT molecular complexity index is 1130. The molecule has 0 amide bonds. The van der Waals surface area contributed by atoms with Crippen LogP contribution >= 0.6 is 0 Å². The minimum absolute atomic E-state index is 0.492. The Morgan fingerprint density at radius 1 is 1.00 bits per heavy atom. The van der Waals surface area contributed by atoms with Gasteiger partial charge in [0.1, 0.15) is 11.5 Å². The van der Waals surface area contributed by atoms with Crippen LogP contribution in [0.5, 0.6) is 0 Å². The molecule has 0 fully saturated rings. The van der Waals surface area contributed by atoms with Gasteiger partial charge in [0.05, 0.1) is 11.4 Å². The summed E-state index contributed by atoms with van der Waals surface area (Å²) in [6, 6.07) is 10.2.